The number of likely N-dealkylation sites (tertiary alicyclic amines) is 1. The molecule has 0 radical (unpaired) electrons. The van der Waals surface area contributed by atoms with Gasteiger partial charge in [0, 0.05) is 24.8 Å². The molecule has 2 aliphatic heterocycles. The molecule has 2 heterocycles. The van der Waals surface area contributed by atoms with Crippen LogP contribution in [0.15, 0.2) is 18.2 Å². The fraction of sp³-hybridized carbons (Fsp3) is 0.562. The first-order chi connectivity index (χ1) is 9.78. The van der Waals surface area contributed by atoms with Crippen LogP contribution in [0.25, 0.3) is 0 Å². The first kappa shape index (κ1) is 13.4. The maximum absolute atomic E-state index is 13.7. The van der Waals surface area contributed by atoms with Crippen LogP contribution in [0, 0.1) is 17.1 Å². The largest absolute Gasteiger partial charge is 0.370 e. The topological polar surface area (TPSA) is 30.3 Å². The van der Waals surface area contributed by atoms with Crippen molar-refractivity contribution in [3.05, 3.63) is 29.6 Å². The molecule has 1 unspecified atom stereocenters. The van der Waals surface area contributed by atoms with Crippen molar-refractivity contribution >= 4 is 5.69 Å². The number of anilines is 1. The number of nitrogens with zero attached hydrogens (tertiary/aromatic N) is 3. The van der Waals surface area contributed by atoms with Crippen LogP contribution < -0.4 is 4.90 Å². The minimum Gasteiger partial charge on any atom is -0.370 e. The summed E-state index contributed by atoms with van der Waals surface area (Å²) in [6.07, 6.45) is 5.12. The molecule has 20 heavy (non-hydrogen) atoms. The van der Waals surface area contributed by atoms with Gasteiger partial charge in [-0.1, -0.05) is 6.42 Å². The fourth-order valence-electron chi connectivity index (χ4n) is 3.35. The van der Waals surface area contributed by atoms with Crippen molar-refractivity contribution in [3.8, 4) is 6.07 Å². The lowest BCUT2D eigenvalue weighted by Gasteiger charge is -2.32. The van der Waals surface area contributed by atoms with Gasteiger partial charge in [-0.25, -0.2) is 4.39 Å². The van der Waals surface area contributed by atoms with E-state index in [4.69, 9.17) is 5.26 Å². The third-order valence-corrected chi connectivity index (χ3v) is 4.51. The molecule has 3 nitrogen and oxygen atoms in total. The molecule has 4 heteroatoms. The fourth-order valence-corrected chi connectivity index (χ4v) is 3.35. The molecular weight excluding hydrogens is 253 g/mol. The van der Waals surface area contributed by atoms with E-state index in [9.17, 15) is 4.39 Å². The molecular formula is C16H20FN3. The second kappa shape index (κ2) is 5.80. The molecule has 2 aliphatic rings. The average Bonchev–Trinajstić information content (AvgIpc) is 2.98. The van der Waals surface area contributed by atoms with E-state index in [1.54, 1.807) is 6.07 Å². The molecule has 106 valence electrons. The minimum atomic E-state index is -0.411. The van der Waals surface area contributed by atoms with Crippen molar-refractivity contribution in [2.45, 2.75) is 31.7 Å². The van der Waals surface area contributed by atoms with Gasteiger partial charge < -0.3 is 4.90 Å². The van der Waals surface area contributed by atoms with E-state index >= 15 is 0 Å². The summed E-state index contributed by atoms with van der Waals surface area (Å²) in [5.74, 6) is -0.411. The maximum atomic E-state index is 13.7. The SMILES string of the molecule is N#Cc1ccc(N2CCC(N3CCCCC3)C2)cc1F. The Morgan fingerprint density at radius 2 is 1.95 bits per heavy atom. The summed E-state index contributed by atoms with van der Waals surface area (Å²) in [4.78, 5) is 4.83. The maximum Gasteiger partial charge on any atom is 0.143 e. The summed E-state index contributed by atoms with van der Waals surface area (Å²) in [6, 6.07) is 7.42. The average molecular weight is 273 g/mol. The molecule has 0 saturated carbocycles. The zero-order valence-electron chi connectivity index (χ0n) is 11.7. The molecule has 1 atom stereocenters. The van der Waals surface area contributed by atoms with Crippen molar-refractivity contribution in [2.75, 3.05) is 31.1 Å². The first-order valence-electron chi connectivity index (χ1n) is 7.46. The Morgan fingerprint density at radius 3 is 2.65 bits per heavy atom. The summed E-state index contributed by atoms with van der Waals surface area (Å²) in [7, 11) is 0. The Hall–Kier alpha value is -1.60. The van der Waals surface area contributed by atoms with E-state index in [2.05, 4.69) is 9.80 Å². The van der Waals surface area contributed by atoms with Crippen molar-refractivity contribution in [2.24, 2.45) is 0 Å². The number of rotatable bonds is 2. The van der Waals surface area contributed by atoms with Gasteiger partial charge >= 0.3 is 0 Å². The quantitative estimate of drug-likeness (QED) is 0.830. The zero-order valence-corrected chi connectivity index (χ0v) is 11.7. The molecule has 0 bridgehead atoms. The lowest BCUT2D eigenvalue weighted by molar-refractivity contribution is 0.175. The van der Waals surface area contributed by atoms with Gasteiger partial charge in [-0.05, 0) is 50.6 Å². The van der Waals surface area contributed by atoms with Crippen molar-refractivity contribution in [3.63, 3.8) is 0 Å². The number of halogens is 1. The van der Waals surface area contributed by atoms with Gasteiger partial charge in [0.2, 0.25) is 0 Å². The van der Waals surface area contributed by atoms with Crippen LogP contribution >= 0.6 is 0 Å². The lowest BCUT2D eigenvalue weighted by Crippen LogP contribution is -2.40. The second-order valence-electron chi connectivity index (χ2n) is 5.76. The van der Waals surface area contributed by atoms with E-state index in [1.807, 2.05) is 12.1 Å². The van der Waals surface area contributed by atoms with Crippen LogP contribution in [0.2, 0.25) is 0 Å². The van der Waals surface area contributed by atoms with Crippen molar-refractivity contribution in [1.29, 1.82) is 5.26 Å². The summed E-state index contributed by atoms with van der Waals surface area (Å²) >= 11 is 0. The van der Waals surface area contributed by atoms with Crippen LogP contribution in [0.1, 0.15) is 31.2 Å². The van der Waals surface area contributed by atoms with Crippen LogP contribution in [-0.4, -0.2) is 37.1 Å². The highest BCUT2D eigenvalue weighted by Crippen LogP contribution is 2.26. The van der Waals surface area contributed by atoms with Gasteiger partial charge in [0.15, 0.2) is 0 Å². The van der Waals surface area contributed by atoms with Crippen molar-refractivity contribution in [1.82, 2.24) is 4.90 Å². The van der Waals surface area contributed by atoms with E-state index in [-0.39, 0.29) is 5.56 Å². The molecule has 2 saturated heterocycles. The van der Waals surface area contributed by atoms with E-state index in [0.717, 1.165) is 25.2 Å². The Bertz CT molecular complexity index is 517. The Kier molecular flexibility index (Phi) is 3.88. The molecule has 2 fully saturated rings. The van der Waals surface area contributed by atoms with Gasteiger partial charge in [-0.2, -0.15) is 5.26 Å². The molecule has 1 aromatic rings. The minimum absolute atomic E-state index is 0.125. The van der Waals surface area contributed by atoms with Gasteiger partial charge in [-0.15, -0.1) is 0 Å². The van der Waals surface area contributed by atoms with Crippen LogP contribution in [0.3, 0.4) is 0 Å². The van der Waals surface area contributed by atoms with E-state index in [1.165, 1.54) is 38.4 Å². The number of nitriles is 1. The molecule has 0 spiro atoms. The number of hydrogen-bond donors (Lipinski definition) is 0. The highest BCUT2D eigenvalue weighted by atomic mass is 19.1. The van der Waals surface area contributed by atoms with Crippen LogP contribution in [-0.2, 0) is 0 Å². The lowest BCUT2D eigenvalue weighted by atomic mass is 10.1. The summed E-state index contributed by atoms with van der Waals surface area (Å²) in [5.41, 5.74) is 1.03. The molecule has 0 aliphatic carbocycles. The molecule has 3 rings (SSSR count). The molecule has 0 aromatic heterocycles. The third-order valence-electron chi connectivity index (χ3n) is 4.51. The highest BCUT2D eigenvalue weighted by Gasteiger charge is 2.28. The van der Waals surface area contributed by atoms with Gasteiger partial charge in [-0.3, -0.25) is 4.90 Å². The number of benzene rings is 1. The normalized spacial score (nSPS) is 23.8. The predicted octanol–water partition coefficient (Wildman–Crippen LogP) is 2.76. The van der Waals surface area contributed by atoms with Gasteiger partial charge in [0.05, 0.1) is 5.56 Å². The standard InChI is InChI=1S/C16H20FN3/c17-16-10-14(5-4-13(16)11-18)20-9-6-15(12-20)19-7-2-1-3-8-19/h4-5,10,15H,1-3,6-9,12H2. The number of hydrogen-bond acceptors (Lipinski definition) is 3. The highest BCUT2D eigenvalue weighted by molar-refractivity contribution is 5.51. The number of piperidine rings is 1. The third kappa shape index (κ3) is 2.64. The van der Waals surface area contributed by atoms with Gasteiger partial charge in [0.1, 0.15) is 11.9 Å². The zero-order chi connectivity index (χ0) is 13.9. The predicted molar refractivity (Wildman–Crippen MR) is 77.2 cm³/mol. The van der Waals surface area contributed by atoms with Gasteiger partial charge in [0.25, 0.3) is 0 Å². The Labute approximate surface area is 119 Å². The molecule has 0 N–H and O–H groups in total. The van der Waals surface area contributed by atoms with Crippen molar-refractivity contribution < 1.29 is 4.39 Å². The molecule has 1 aromatic carbocycles. The smallest absolute Gasteiger partial charge is 0.143 e. The Balaban J connectivity index is 1.67. The Morgan fingerprint density at radius 1 is 1.15 bits per heavy atom. The van der Waals surface area contributed by atoms with E-state index in [0.29, 0.717) is 6.04 Å². The van der Waals surface area contributed by atoms with Crippen LogP contribution in [0.4, 0.5) is 10.1 Å². The van der Waals surface area contributed by atoms with E-state index < -0.39 is 5.82 Å². The second-order valence-corrected chi connectivity index (χ2v) is 5.76. The summed E-state index contributed by atoms with van der Waals surface area (Å²) < 4.78 is 13.7. The monoisotopic (exact) mass is 273 g/mol. The van der Waals surface area contributed by atoms with Crippen LogP contribution in [0.5, 0.6) is 0 Å². The summed E-state index contributed by atoms with van der Waals surface area (Å²) in [6.45, 7) is 4.37. The first-order valence-corrected chi connectivity index (χ1v) is 7.46. The summed E-state index contributed by atoms with van der Waals surface area (Å²) in [5, 5.41) is 8.78. The molecule has 0 amide bonds.